The maximum absolute atomic E-state index is 11.2. The van der Waals surface area contributed by atoms with Gasteiger partial charge in [-0.3, -0.25) is 0 Å². The van der Waals surface area contributed by atoms with E-state index in [1.807, 2.05) is 30.3 Å². The average molecular weight is 355 g/mol. The highest BCUT2D eigenvalue weighted by Crippen LogP contribution is 2.44. The molecule has 120 valence electrons. The van der Waals surface area contributed by atoms with Crippen molar-refractivity contribution in [3.05, 3.63) is 35.9 Å². The quantitative estimate of drug-likeness (QED) is 0.284. The Balaban J connectivity index is 2.06. The number of unbranched alkanes of at least 4 members (excludes halogenated alkanes) is 4. The van der Waals surface area contributed by atoms with Gasteiger partial charge in [-0.2, -0.15) is 0 Å². The van der Waals surface area contributed by atoms with Crippen molar-refractivity contribution in [2.24, 2.45) is 0 Å². The van der Waals surface area contributed by atoms with E-state index in [0.29, 0.717) is 10.8 Å². The highest BCUT2D eigenvalue weighted by Gasteiger charge is 2.31. The zero-order chi connectivity index (χ0) is 15.8. The smallest absolute Gasteiger partial charge is 0.178 e. The Morgan fingerprint density at radius 3 is 2.50 bits per heavy atom. The Hall–Kier alpha value is -0.560. The summed E-state index contributed by atoms with van der Waals surface area (Å²) in [5.74, 6) is 0. The van der Waals surface area contributed by atoms with Crippen molar-refractivity contribution in [2.45, 2.75) is 59.1 Å². The van der Waals surface area contributed by atoms with E-state index in [1.54, 1.807) is 0 Å². The molecule has 0 aliphatic rings. The van der Waals surface area contributed by atoms with Crippen molar-refractivity contribution in [2.75, 3.05) is 0 Å². The lowest BCUT2D eigenvalue weighted by Gasteiger charge is -2.27. The van der Waals surface area contributed by atoms with Crippen molar-refractivity contribution < 1.29 is 5.11 Å². The molecule has 1 unspecified atom stereocenters. The molecule has 0 saturated carbocycles. The first kappa shape index (κ1) is 17.8. The molecular weight excluding hydrogens is 332 g/mol. The fourth-order valence-corrected chi connectivity index (χ4v) is 4.81. The Bertz CT molecular complexity index is 562. The van der Waals surface area contributed by atoms with Crippen molar-refractivity contribution in [3.63, 3.8) is 0 Å². The maximum atomic E-state index is 11.2. The van der Waals surface area contributed by atoms with Gasteiger partial charge in [0.2, 0.25) is 0 Å². The molecule has 0 radical (unpaired) electrons. The zero-order valence-corrected chi connectivity index (χ0v) is 15.3. The summed E-state index contributed by atoms with van der Waals surface area (Å²) < 4.78 is 1.38. The first-order valence-corrected chi connectivity index (χ1v) is 9.71. The molecule has 0 amide bonds. The second kappa shape index (κ2) is 8.91. The van der Waals surface area contributed by atoms with Gasteiger partial charge < -0.3 is 5.11 Å². The molecule has 1 aromatic heterocycles. The lowest BCUT2D eigenvalue weighted by Crippen LogP contribution is -2.21. The Labute approximate surface area is 146 Å². The van der Waals surface area contributed by atoms with E-state index in [2.05, 4.69) is 29.7 Å². The van der Waals surface area contributed by atoms with Gasteiger partial charge in [0.1, 0.15) is 4.93 Å². The minimum Gasteiger partial charge on any atom is -0.375 e. The highest BCUT2D eigenvalue weighted by molar-refractivity contribution is 8.01. The van der Waals surface area contributed by atoms with Crippen LogP contribution in [0.25, 0.3) is 0 Å². The van der Waals surface area contributed by atoms with Crippen LogP contribution in [-0.2, 0) is 4.93 Å². The molecule has 1 atom stereocenters. The molecular formula is C16H22N2OS3. The third kappa shape index (κ3) is 5.26. The van der Waals surface area contributed by atoms with Crippen LogP contribution in [0.3, 0.4) is 0 Å². The van der Waals surface area contributed by atoms with Gasteiger partial charge in [-0.05, 0) is 18.4 Å². The van der Waals surface area contributed by atoms with E-state index in [9.17, 15) is 5.11 Å². The molecule has 1 aromatic carbocycles. The van der Waals surface area contributed by atoms with Crippen LogP contribution in [0.2, 0.25) is 0 Å². The first-order valence-electron chi connectivity index (χ1n) is 7.63. The number of thiol groups is 1. The van der Waals surface area contributed by atoms with Crippen LogP contribution in [0, 0.1) is 0 Å². The monoisotopic (exact) mass is 354 g/mol. The van der Waals surface area contributed by atoms with Gasteiger partial charge in [0, 0.05) is 0 Å². The maximum Gasteiger partial charge on any atom is 0.178 e. The molecule has 3 nitrogen and oxygen atoms in total. The highest BCUT2D eigenvalue weighted by atomic mass is 32.2. The third-order valence-electron chi connectivity index (χ3n) is 3.50. The molecule has 0 spiro atoms. The van der Waals surface area contributed by atoms with Crippen LogP contribution < -0.4 is 0 Å². The topological polar surface area (TPSA) is 46.0 Å². The summed E-state index contributed by atoms with van der Waals surface area (Å²) in [5, 5.41) is 19.2. The predicted molar refractivity (Wildman–Crippen MR) is 96.7 cm³/mol. The fourth-order valence-electron chi connectivity index (χ4n) is 2.31. The SMILES string of the molecule is CCCCCCCC(O)(Sc1nnc(S)s1)c1ccccc1. The number of hydrogen-bond donors (Lipinski definition) is 2. The van der Waals surface area contributed by atoms with Gasteiger partial charge in [0.15, 0.2) is 8.68 Å². The lowest BCUT2D eigenvalue weighted by molar-refractivity contribution is 0.123. The molecule has 22 heavy (non-hydrogen) atoms. The van der Waals surface area contributed by atoms with Gasteiger partial charge in [0.05, 0.1) is 0 Å². The third-order valence-corrected chi connectivity index (χ3v) is 5.91. The minimum absolute atomic E-state index is 0.626. The van der Waals surface area contributed by atoms with Gasteiger partial charge in [-0.15, -0.1) is 22.8 Å². The van der Waals surface area contributed by atoms with Crippen LogP contribution in [0.5, 0.6) is 0 Å². The van der Waals surface area contributed by atoms with E-state index < -0.39 is 4.93 Å². The number of hydrogen-bond acceptors (Lipinski definition) is 6. The summed E-state index contributed by atoms with van der Waals surface area (Å²) in [4.78, 5) is -0.951. The molecule has 0 saturated heterocycles. The van der Waals surface area contributed by atoms with Crippen LogP contribution in [0.15, 0.2) is 39.0 Å². The van der Waals surface area contributed by atoms with Crippen molar-refractivity contribution in [1.82, 2.24) is 10.2 Å². The Kier molecular flexibility index (Phi) is 7.21. The van der Waals surface area contributed by atoms with Crippen LogP contribution >= 0.6 is 35.7 Å². The number of rotatable bonds is 9. The van der Waals surface area contributed by atoms with Crippen molar-refractivity contribution in [3.8, 4) is 0 Å². The molecule has 1 N–H and O–H groups in total. The summed E-state index contributed by atoms with van der Waals surface area (Å²) in [7, 11) is 0. The van der Waals surface area contributed by atoms with Gasteiger partial charge in [-0.25, -0.2) is 0 Å². The van der Waals surface area contributed by atoms with Gasteiger partial charge >= 0.3 is 0 Å². The molecule has 0 aliphatic heterocycles. The number of nitrogens with zero attached hydrogens (tertiary/aromatic N) is 2. The molecule has 0 aliphatic carbocycles. The summed E-state index contributed by atoms with van der Waals surface area (Å²) in [6.45, 7) is 2.21. The molecule has 2 aromatic rings. The van der Waals surface area contributed by atoms with E-state index in [1.165, 1.54) is 42.4 Å². The fraction of sp³-hybridized carbons (Fsp3) is 0.500. The number of aromatic nitrogens is 2. The van der Waals surface area contributed by atoms with E-state index in [-0.39, 0.29) is 0 Å². The van der Waals surface area contributed by atoms with Crippen LogP contribution in [0.4, 0.5) is 0 Å². The Morgan fingerprint density at radius 1 is 1.14 bits per heavy atom. The zero-order valence-electron chi connectivity index (χ0n) is 12.7. The van der Waals surface area contributed by atoms with Crippen molar-refractivity contribution >= 4 is 35.7 Å². The molecule has 6 heteroatoms. The first-order chi connectivity index (χ1) is 10.6. The predicted octanol–water partition coefficient (Wildman–Crippen LogP) is 5.12. The largest absolute Gasteiger partial charge is 0.375 e. The molecule has 0 fully saturated rings. The van der Waals surface area contributed by atoms with Gasteiger partial charge in [0.25, 0.3) is 0 Å². The molecule has 1 heterocycles. The second-order valence-electron chi connectivity index (χ2n) is 5.27. The summed E-state index contributed by atoms with van der Waals surface area (Å²) in [6.07, 6.45) is 6.59. The minimum atomic E-state index is -0.951. The number of benzene rings is 1. The standard InChI is InChI=1S/C16H22N2OS3/c1-2-3-4-5-9-12-16(19,13-10-7-6-8-11-13)22-15-18-17-14(20)21-15/h6-8,10-11,19H,2-5,9,12H2,1H3,(H,17,20). The Morgan fingerprint density at radius 2 is 1.86 bits per heavy atom. The van der Waals surface area contributed by atoms with Crippen LogP contribution in [-0.4, -0.2) is 15.3 Å². The summed E-state index contributed by atoms with van der Waals surface area (Å²) >= 11 is 6.98. The van der Waals surface area contributed by atoms with E-state index in [0.717, 1.165) is 22.7 Å². The van der Waals surface area contributed by atoms with E-state index in [4.69, 9.17) is 0 Å². The van der Waals surface area contributed by atoms with Crippen LogP contribution in [0.1, 0.15) is 51.0 Å². The van der Waals surface area contributed by atoms with E-state index >= 15 is 0 Å². The molecule has 2 rings (SSSR count). The molecule has 0 bridgehead atoms. The normalized spacial score (nSPS) is 14.0. The lowest BCUT2D eigenvalue weighted by atomic mass is 10.0. The second-order valence-corrected chi connectivity index (χ2v) is 8.50. The summed E-state index contributed by atoms with van der Waals surface area (Å²) in [6, 6.07) is 9.83. The van der Waals surface area contributed by atoms with Gasteiger partial charge in [-0.1, -0.05) is 86.0 Å². The number of aliphatic hydroxyl groups is 1. The van der Waals surface area contributed by atoms with Crippen molar-refractivity contribution in [1.29, 1.82) is 0 Å². The summed E-state index contributed by atoms with van der Waals surface area (Å²) in [5.41, 5.74) is 0.923. The average Bonchev–Trinajstić information content (AvgIpc) is 2.93. The number of thioether (sulfide) groups is 1.